The predicted octanol–water partition coefficient (Wildman–Crippen LogP) is 0.801. The molecule has 0 saturated heterocycles. The van der Waals surface area contributed by atoms with E-state index in [-0.39, 0.29) is 5.97 Å². The van der Waals surface area contributed by atoms with Gasteiger partial charge in [-0.3, -0.25) is 4.79 Å². The van der Waals surface area contributed by atoms with Crippen molar-refractivity contribution in [3.8, 4) is 0 Å². The molecule has 114 valence electrons. The Balaban J connectivity index is 4.35. The molecule has 0 fully saturated rings. The van der Waals surface area contributed by atoms with Crippen LogP contribution >= 0.6 is 0 Å². The van der Waals surface area contributed by atoms with Gasteiger partial charge in [-0.25, -0.2) is 0 Å². The molecule has 0 bridgehead atoms. The quantitative estimate of drug-likeness (QED) is 0.597. The summed E-state index contributed by atoms with van der Waals surface area (Å²) in [6, 6.07) is 0. The summed E-state index contributed by atoms with van der Waals surface area (Å²) < 4.78 is 5.17. The largest absolute Gasteiger partial charge is 0.465 e. The number of esters is 1. The molecule has 0 radical (unpaired) electrons. The average molecular weight is 273 g/mol. The molecule has 5 nitrogen and oxygen atoms in total. The van der Waals surface area contributed by atoms with Crippen LogP contribution in [0.1, 0.15) is 27.2 Å². The highest BCUT2D eigenvalue weighted by molar-refractivity contribution is 5.80. The number of nitrogens with one attached hydrogen (secondary N) is 1. The zero-order valence-corrected chi connectivity index (χ0v) is 13.5. The van der Waals surface area contributed by atoms with Crippen molar-refractivity contribution in [2.75, 3.05) is 53.9 Å². The zero-order valence-electron chi connectivity index (χ0n) is 13.5. The summed E-state index contributed by atoms with van der Waals surface area (Å²) in [6.07, 6.45) is 1.09. The maximum atomic E-state index is 12.1. The molecule has 0 aliphatic carbocycles. The standard InChI is InChI=1S/C14H31N3O2/c1-7-15-14(3,13(18)19-8-2)12-17(6)11-9-10-16(4)5/h15H,7-12H2,1-6H3. The normalized spacial score (nSPS) is 14.7. The minimum Gasteiger partial charge on any atom is -0.465 e. The van der Waals surface area contributed by atoms with Crippen molar-refractivity contribution in [1.29, 1.82) is 0 Å². The Hall–Kier alpha value is -0.650. The maximum absolute atomic E-state index is 12.1. The molecule has 0 spiro atoms. The van der Waals surface area contributed by atoms with Crippen molar-refractivity contribution in [2.45, 2.75) is 32.7 Å². The minimum absolute atomic E-state index is 0.170. The first-order valence-electron chi connectivity index (χ1n) is 7.11. The third-order valence-corrected chi connectivity index (χ3v) is 3.02. The molecule has 0 aromatic rings. The molecule has 1 unspecified atom stereocenters. The van der Waals surface area contributed by atoms with Crippen molar-refractivity contribution in [2.24, 2.45) is 0 Å². The van der Waals surface area contributed by atoms with Gasteiger partial charge in [-0.05, 0) is 61.0 Å². The van der Waals surface area contributed by atoms with Crippen LogP contribution in [0.3, 0.4) is 0 Å². The van der Waals surface area contributed by atoms with E-state index in [2.05, 4.69) is 29.2 Å². The van der Waals surface area contributed by atoms with Gasteiger partial charge in [0.2, 0.25) is 0 Å². The number of likely N-dealkylation sites (N-methyl/N-ethyl adjacent to an activating group) is 2. The van der Waals surface area contributed by atoms with Crippen LogP contribution in [-0.2, 0) is 9.53 Å². The topological polar surface area (TPSA) is 44.8 Å². The third-order valence-electron chi connectivity index (χ3n) is 3.02. The summed E-state index contributed by atoms with van der Waals surface area (Å²) >= 11 is 0. The van der Waals surface area contributed by atoms with Gasteiger partial charge in [0.15, 0.2) is 0 Å². The van der Waals surface area contributed by atoms with Crippen LogP contribution in [0.4, 0.5) is 0 Å². The SMILES string of the molecule is CCNC(C)(CN(C)CCCN(C)C)C(=O)OCC. The molecule has 1 N–H and O–H groups in total. The van der Waals surface area contributed by atoms with Gasteiger partial charge in [0.25, 0.3) is 0 Å². The molecule has 0 aliphatic heterocycles. The number of carbonyl (C=O) groups excluding carboxylic acids is 1. The van der Waals surface area contributed by atoms with Crippen LogP contribution in [0, 0.1) is 0 Å². The molecule has 1 atom stereocenters. The first kappa shape index (κ1) is 18.4. The summed E-state index contributed by atoms with van der Waals surface area (Å²) in [7, 11) is 6.19. The highest BCUT2D eigenvalue weighted by Gasteiger charge is 2.34. The van der Waals surface area contributed by atoms with Gasteiger partial charge in [0.1, 0.15) is 5.54 Å². The molecule has 0 amide bonds. The summed E-state index contributed by atoms with van der Waals surface area (Å²) in [5.41, 5.74) is -0.627. The summed E-state index contributed by atoms with van der Waals surface area (Å²) in [5, 5.41) is 3.25. The second-order valence-electron chi connectivity index (χ2n) is 5.48. The predicted molar refractivity (Wildman–Crippen MR) is 79.4 cm³/mol. The molecule has 0 heterocycles. The maximum Gasteiger partial charge on any atom is 0.327 e. The van der Waals surface area contributed by atoms with Crippen molar-refractivity contribution in [3.05, 3.63) is 0 Å². The minimum atomic E-state index is -0.627. The highest BCUT2D eigenvalue weighted by atomic mass is 16.5. The second-order valence-corrected chi connectivity index (χ2v) is 5.48. The molecule has 5 heteroatoms. The Kier molecular flexibility index (Phi) is 8.97. The van der Waals surface area contributed by atoms with E-state index in [9.17, 15) is 4.79 Å². The molecular weight excluding hydrogens is 242 g/mol. The number of hydrogen-bond acceptors (Lipinski definition) is 5. The van der Waals surface area contributed by atoms with E-state index in [1.165, 1.54) is 0 Å². The number of hydrogen-bond donors (Lipinski definition) is 1. The first-order chi connectivity index (χ1) is 8.85. The summed E-state index contributed by atoms with van der Waals surface area (Å²) in [4.78, 5) is 16.4. The van der Waals surface area contributed by atoms with Crippen LogP contribution in [0.15, 0.2) is 0 Å². The van der Waals surface area contributed by atoms with Crippen LogP contribution in [0.2, 0.25) is 0 Å². The fourth-order valence-corrected chi connectivity index (χ4v) is 2.15. The lowest BCUT2D eigenvalue weighted by atomic mass is 10.0. The second kappa shape index (κ2) is 9.28. The smallest absolute Gasteiger partial charge is 0.327 e. The first-order valence-corrected chi connectivity index (χ1v) is 7.11. The van der Waals surface area contributed by atoms with E-state index >= 15 is 0 Å². The van der Waals surface area contributed by atoms with E-state index in [4.69, 9.17) is 4.74 Å². The van der Waals surface area contributed by atoms with Gasteiger partial charge in [-0.15, -0.1) is 0 Å². The Morgan fingerprint density at radius 3 is 2.32 bits per heavy atom. The number of ether oxygens (including phenoxy) is 1. The Morgan fingerprint density at radius 1 is 1.21 bits per heavy atom. The molecule has 0 aliphatic rings. The molecule has 0 saturated carbocycles. The molecule has 0 aromatic heterocycles. The number of carbonyl (C=O) groups is 1. The lowest BCUT2D eigenvalue weighted by Gasteiger charge is -2.32. The van der Waals surface area contributed by atoms with Crippen LogP contribution in [-0.4, -0.2) is 75.2 Å². The van der Waals surface area contributed by atoms with E-state index < -0.39 is 5.54 Å². The van der Waals surface area contributed by atoms with Crippen LogP contribution in [0.25, 0.3) is 0 Å². The lowest BCUT2D eigenvalue weighted by Crippen LogP contribution is -2.57. The van der Waals surface area contributed by atoms with E-state index in [1.54, 1.807) is 0 Å². The van der Waals surface area contributed by atoms with E-state index in [1.807, 2.05) is 27.8 Å². The molecule has 0 aromatic carbocycles. The van der Waals surface area contributed by atoms with Gasteiger partial charge in [-0.2, -0.15) is 0 Å². The van der Waals surface area contributed by atoms with Gasteiger partial charge in [0.05, 0.1) is 6.61 Å². The third kappa shape index (κ3) is 7.50. The van der Waals surface area contributed by atoms with Crippen LogP contribution < -0.4 is 5.32 Å². The number of rotatable bonds is 10. The Morgan fingerprint density at radius 2 is 1.84 bits per heavy atom. The lowest BCUT2D eigenvalue weighted by molar-refractivity contribution is -0.151. The van der Waals surface area contributed by atoms with Crippen molar-refractivity contribution < 1.29 is 9.53 Å². The summed E-state index contributed by atoms with van der Waals surface area (Å²) in [5.74, 6) is -0.170. The fraction of sp³-hybridized carbons (Fsp3) is 0.929. The van der Waals surface area contributed by atoms with Gasteiger partial charge in [0, 0.05) is 6.54 Å². The molecule has 19 heavy (non-hydrogen) atoms. The van der Waals surface area contributed by atoms with Crippen molar-refractivity contribution in [1.82, 2.24) is 15.1 Å². The van der Waals surface area contributed by atoms with Gasteiger partial charge in [-0.1, -0.05) is 6.92 Å². The fourth-order valence-electron chi connectivity index (χ4n) is 2.15. The van der Waals surface area contributed by atoms with Crippen molar-refractivity contribution in [3.63, 3.8) is 0 Å². The van der Waals surface area contributed by atoms with E-state index in [0.29, 0.717) is 13.2 Å². The molecule has 0 rings (SSSR count). The summed E-state index contributed by atoms with van der Waals surface area (Å²) in [6.45, 7) is 9.61. The van der Waals surface area contributed by atoms with Gasteiger partial charge >= 0.3 is 5.97 Å². The number of nitrogens with zero attached hydrogens (tertiary/aromatic N) is 2. The van der Waals surface area contributed by atoms with Gasteiger partial charge < -0.3 is 19.9 Å². The Labute approximate surface area is 118 Å². The van der Waals surface area contributed by atoms with Crippen molar-refractivity contribution >= 4 is 5.97 Å². The molecular formula is C14H31N3O2. The average Bonchev–Trinajstić information content (AvgIpc) is 2.28. The van der Waals surface area contributed by atoms with Crippen LogP contribution in [0.5, 0.6) is 0 Å². The zero-order chi connectivity index (χ0) is 14.9. The monoisotopic (exact) mass is 273 g/mol. The Bertz CT molecular complexity index is 259. The van der Waals surface area contributed by atoms with E-state index in [0.717, 1.165) is 26.1 Å². The highest BCUT2D eigenvalue weighted by Crippen LogP contribution is 2.09.